The van der Waals surface area contributed by atoms with Crippen LogP contribution >= 0.6 is 11.6 Å². The van der Waals surface area contributed by atoms with Gasteiger partial charge in [-0.2, -0.15) is 0 Å². The van der Waals surface area contributed by atoms with Crippen LogP contribution in [0.4, 0.5) is 0 Å². The van der Waals surface area contributed by atoms with Crippen molar-refractivity contribution in [3.8, 4) is 33.6 Å². The summed E-state index contributed by atoms with van der Waals surface area (Å²) in [6, 6.07) is 63.4. The number of nitrogens with zero attached hydrogens (tertiary/aromatic N) is 4. The second-order valence-corrected chi connectivity index (χ2v) is 22.6. The Morgan fingerprint density at radius 1 is 0.408 bits per heavy atom. The van der Waals surface area contributed by atoms with Crippen molar-refractivity contribution >= 4 is 74.9 Å². The molecule has 0 N–H and O–H groups in total. The van der Waals surface area contributed by atoms with Gasteiger partial charge in [0.2, 0.25) is 19.7 Å². The third-order valence-corrected chi connectivity index (χ3v) is 18.2. The number of halogens is 1. The highest BCUT2D eigenvalue weighted by Gasteiger charge is 2.53. The van der Waals surface area contributed by atoms with Gasteiger partial charge in [0.25, 0.3) is 0 Å². The van der Waals surface area contributed by atoms with E-state index in [1.807, 2.05) is 19.1 Å². The van der Waals surface area contributed by atoms with Crippen molar-refractivity contribution in [1.29, 1.82) is 0 Å². The summed E-state index contributed by atoms with van der Waals surface area (Å²) in [4.78, 5) is 8.75. The minimum absolute atomic E-state index is 0.0498. The molecule has 340 valence electrons. The Labute approximate surface area is 413 Å². The zero-order chi connectivity index (χ0) is 48.0. The molecule has 8 aromatic carbocycles. The maximum atomic E-state index is 14.7. The Bertz CT molecular complexity index is 4130. The molecule has 4 heterocycles. The van der Waals surface area contributed by atoms with Crippen LogP contribution in [-0.4, -0.2) is 35.9 Å². The highest BCUT2D eigenvalue weighted by atomic mass is 35.5. The van der Waals surface area contributed by atoms with Crippen molar-refractivity contribution in [2.24, 2.45) is 0 Å². The zero-order valence-corrected chi connectivity index (χ0v) is 40.1. The van der Waals surface area contributed by atoms with E-state index in [0.29, 0.717) is 16.1 Å². The number of aryl methyl sites for hydroxylation is 1. The monoisotopic (exact) mass is 976 g/mol. The lowest BCUT2D eigenvalue weighted by atomic mass is 9.70. The fourth-order valence-corrected chi connectivity index (χ4v) is 14.1. The first-order chi connectivity index (χ1) is 34.5. The fraction of sp³-hybridized carbons (Fsp3) is 0.0333. The highest BCUT2D eigenvalue weighted by Crippen LogP contribution is 2.64. The lowest BCUT2D eigenvalue weighted by molar-refractivity contribution is 0.590. The molecule has 8 nitrogen and oxygen atoms in total. The minimum Gasteiger partial charge on any atom is -0.309 e. The number of sulfone groups is 2. The van der Waals surface area contributed by atoms with E-state index in [1.165, 1.54) is 24.4 Å². The summed E-state index contributed by atoms with van der Waals surface area (Å²) < 4.78 is 63.3. The molecule has 0 fully saturated rings. The van der Waals surface area contributed by atoms with Gasteiger partial charge in [0.1, 0.15) is 0 Å². The fourth-order valence-electron chi connectivity index (χ4n) is 11.6. The molecule has 0 saturated heterocycles. The Kier molecular flexibility index (Phi) is 8.79. The summed E-state index contributed by atoms with van der Waals surface area (Å²) in [7, 11) is -8.30. The maximum absolute atomic E-state index is 14.7. The van der Waals surface area contributed by atoms with Crippen molar-refractivity contribution in [3.05, 3.63) is 239 Å². The van der Waals surface area contributed by atoms with Crippen LogP contribution < -0.4 is 0 Å². The van der Waals surface area contributed by atoms with E-state index >= 15 is 0 Å². The molecule has 0 saturated carbocycles. The summed E-state index contributed by atoms with van der Waals surface area (Å²) in [6.07, 6.45) is 2.89. The topological polar surface area (TPSA) is 104 Å². The second-order valence-electron chi connectivity index (χ2n) is 18.4. The van der Waals surface area contributed by atoms with Crippen LogP contribution in [0.25, 0.3) is 77.2 Å². The molecule has 2 aliphatic rings. The summed E-state index contributed by atoms with van der Waals surface area (Å²) in [5.41, 5.74) is 12.4. The molecule has 12 aromatic rings. The van der Waals surface area contributed by atoms with E-state index in [4.69, 9.17) is 11.6 Å². The summed E-state index contributed by atoms with van der Waals surface area (Å²) in [6.45, 7) is 1.87. The van der Waals surface area contributed by atoms with E-state index in [0.717, 1.165) is 93.9 Å². The van der Waals surface area contributed by atoms with Gasteiger partial charge >= 0.3 is 0 Å². The van der Waals surface area contributed by atoms with Gasteiger partial charge in [0.05, 0.1) is 42.3 Å². The van der Waals surface area contributed by atoms with Gasteiger partial charge in [0.15, 0.2) is 10.1 Å². The SMILES string of the molecule is Cc1ccc(S(=O)(=O)c2ccc3c(c2)C2(c4ccc(-n5c6ccccc6c6ccccc65)cc4-c4cc(-n5c6ccccc6c6ccccc65)ccc42)c2cc(S(=O)(=O)c4ccc(Cl)cn4)ccc2-3)nc1. The van der Waals surface area contributed by atoms with E-state index in [2.05, 4.69) is 153 Å². The normalized spacial score (nSPS) is 13.5. The minimum atomic E-state index is -4.17. The molecule has 11 heteroatoms. The number of hydrogen-bond acceptors (Lipinski definition) is 6. The molecule has 0 atom stereocenters. The molecular formula is C60H37ClN4O4S2. The van der Waals surface area contributed by atoms with E-state index in [9.17, 15) is 16.8 Å². The molecule has 0 bridgehead atoms. The third-order valence-electron chi connectivity index (χ3n) is 14.6. The Morgan fingerprint density at radius 2 is 0.817 bits per heavy atom. The number of fused-ring (bicyclic) bond motifs is 16. The summed E-state index contributed by atoms with van der Waals surface area (Å²) in [5, 5.41) is 4.65. The van der Waals surface area contributed by atoms with Gasteiger partial charge in [-0.3, -0.25) is 0 Å². The smallest absolute Gasteiger partial charge is 0.223 e. The van der Waals surface area contributed by atoms with Crippen LogP contribution in [0.5, 0.6) is 0 Å². The number of hydrogen-bond donors (Lipinski definition) is 0. The number of rotatable bonds is 6. The number of pyridine rings is 2. The van der Waals surface area contributed by atoms with Gasteiger partial charge in [-0.25, -0.2) is 26.8 Å². The lowest BCUT2D eigenvalue weighted by Crippen LogP contribution is -2.26. The molecule has 0 unspecified atom stereocenters. The average Bonchev–Trinajstić information content (AvgIpc) is 4.10. The van der Waals surface area contributed by atoms with Crippen LogP contribution in [0.1, 0.15) is 27.8 Å². The van der Waals surface area contributed by atoms with Crippen LogP contribution in [0, 0.1) is 6.92 Å². The molecule has 0 aliphatic heterocycles. The van der Waals surface area contributed by atoms with Crippen LogP contribution in [0.15, 0.2) is 226 Å². The summed E-state index contributed by atoms with van der Waals surface area (Å²) >= 11 is 6.20. The van der Waals surface area contributed by atoms with Gasteiger partial charge < -0.3 is 9.13 Å². The van der Waals surface area contributed by atoms with Crippen LogP contribution in [-0.2, 0) is 25.1 Å². The van der Waals surface area contributed by atoms with Gasteiger partial charge in [0, 0.05) is 45.3 Å². The number of para-hydroxylation sites is 4. The van der Waals surface area contributed by atoms with E-state index in [1.54, 1.807) is 36.5 Å². The first-order valence-corrected chi connectivity index (χ1v) is 26.5. The van der Waals surface area contributed by atoms with Gasteiger partial charge in [-0.15, -0.1) is 0 Å². The van der Waals surface area contributed by atoms with Crippen molar-refractivity contribution in [3.63, 3.8) is 0 Å². The largest absolute Gasteiger partial charge is 0.309 e. The molecule has 71 heavy (non-hydrogen) atoms. The quantitative estimate of drug-likeness (QED) is 0.164. The van der Waals surface area contributed by atoms with Crippen molar-refractivity contribution in [1.82, 2.24) is 19.1 Å². The standard InChI is InChI=1S/C60H37ClN4O4S2/c1-36-18-28-58(62-34-36)70(66,67)40-22-24-42-43-25-23-41(71(68,69)59-29-19-37(61)35-63-59)33-53(43)60(52(42)32-40)50-26-20-38(64-54-14-6-2-10-44(54)45-11-3-7-15-55(45)64)30-48(50)49-31-39(21-27-51(49)60)65-56-16-8-4-12-46(56)47-13-5-9-17-57(47)65/h2-35H,1H3. The number of aromatic nitrogens is 4. The molecule has 0 amide bonds. The third kappa shape index (κ3) is 5.78. The maximum Gasteiger partial charge on any atom is 0.223 e. The second kappa shape index (κ2) is 14.9. The van der Waals surface area contributed by atoms with Crippen molar-refractivity contribution in [2.75, 3.05) is 0 Å². The zero-order valence-electron chi connectivity index (χ0n) is 37.7. The predicted octanol–water partition coefficient (Wildman–Crippen LogP) is 13.6. The van der Waals surface area contributed by atoms with Crippen molar-refractivity contribution < 1.29 is 16.8 Å². The first kappa shape index (κ1) is 41.8. The Hall–Kier alpha value is -8.15. The molecule has 1 spiro atoms. The molecule has 14 rings (SSSR count). The molecule has 0 radical (unpaired) electrons. The molecular weight excluding hydrogens is 940 g/mol. The Balaban J connectivity index is 1.10. The average molecular weight is 978 g/mol. The lowest BCUT2D eigenvalue weighted by Gasteiger charge is -2.31. The summed E-state index contributed by atoms with van der Waals surface area (Å²) in [5.74, 6) is 0. The number of benzene rings is 8. The van der Waals surface area contributed by atoms with Crippen LogP contribution in [0.3, 0.4) is 0 Å². The molecule has 4 aromatic heterocycles. The van der Waals surface area contributed by atoms with Gasteiger partial charge in [-0.05, 0) is 148 Å². The highest BCUT2D eigenvalue weighted by molar-refractivity contribution is 7.91. The van der Waals surface area contributed by atoms with E-state index < -0.39 is 25.1 Å². The van der Waals surface area contributed by atoms with Gasteiger partial charge in [-0.1, -0.05) is 115 Å². The molecule has 2 aliphatic carbocycles. The predicted molar refractivity (Wildman–Crippen MR) is 281 cm³/mol. The van der Waals surface area contributed by atoms with Crippen LogP contribution in [0.2, 0.25) is 5.02 Å². The van der Waals surface area contributed by atoms with Crippen molar-refractivity contribution in [2.45, 2.75) is 32.2 Å². The Morgan fingerprint density at radius 3 is 1.21 bits per heavy atom. The first-order valence-electron chi connectivity index (χ1n) is 23.1. The van der Waals surface area contributed by atoms with E-state index in [-0.39, 0.29) is 19.8 Å².